The molecule has 1 aromatic carbocycles. The molecule has 0 atom stereocenters. The Bertz CT molecular complexity index is 659. The summed E-state index contributed by atoms with van der Waals surface area (Å²) in [6.45, 7) is 0.191. The molecule has 7 nitrogen and oxygen atoms in total. The van der Waals surface area contributed by atoms with Crippen LogP contribution in [0.25, 0.3) is 0 Å². The molecule has 0 aliphatic carbocycles. The Labute approximate surface area is 114 Å². The minimum Gasteiger partial charge on any atom is -0.464 e. The Hall–Kier alpha value is -2.83. The highest BCUT2D eigenvalue weighted by Gasteiger charge is 2.15. The first-order valence-corrected chi connectivity index (χ1v) is 5.74. The molecule has 0 N–H and O–H groups in total. The molecule has 0 saturated heterocycles. The lowest BCUT2D eigenvalue weighted by molar-refractivity contribution is 0.0592. The van der Waals surface area contributed by atoms with Crippen molar-refractivity contribution in [2.45, 2.75) is 0 Å². The van der Waals surface area contributed by atoms with Gasteiger partial charge in [0.05, 0.1) is 19.5 Å². The van der Waals surface area contributed by atoms with E-state index in [1.165, 1.54) is 19.5 Å². The van der Waals surface area contributed by atoms with Gasteiger partial charge in [0, 0.05) is 6.07 Å². The van der Waals surface area contributed by atoms with Crippen molar-refractivity contribution in [3.8, 4) is 23.1 Å². The van der Waals surface area contributed by atoms with Crippen LogP contribution >= 0.6 is 0 Å². The van der Waals surface area contributed by atoms with Gasteiger partial charge in [-0.1, -0.05) is 0 Å². The van der Waals surface area contributed by atoms with Gasteiger partial charge < -0.3 is 18.9 Å². The van der Waals surface area contributed by atoms with Crippen molar-refractivity contribution < 1.29 is 23.7 Å². The van der Waals surface area contributed by atoms with Gasteiger partial charge in [0.1, 0.15) is 5.75 Å². The summed E-state index contributed by atoms with van der Waals surface area (Å²) >= 11 is 0. The largest absolute Gasteiger partial charge is 0.464 e. The highest BCUT2D eigenvalue weighted by Crippen LogP contribution is 2.36. The quantitative estimate of drug-likeness (QED) is 0.789. The number of ether oxygens (including phenoxy) is 4. The molecule has 0 spiro atoms. The van der Waals surface area contributed by atoms with E-state index >= 15 is 0 Å². The molecule has 2 aromatic rings. The van der Waals surface area contributed by atoms with E-state index in [0.717, 1.165) is 0 Å². The van der Waals surface area contributed by atoms with Crippen LogP contribution in [0.3, 0.4) is 0 Å². The van der Waals surface area contributed by atoms with Gasteiger partial charge in [-0.2, -0.15) is 0 Å². The Morgan fingerprint density at radius 2 is 2.10 bits per heavy atom. The van der Waals surface area contributed by atoms with Crippen LogP contribution in [0.2, 0.25) is 0 Å². The normalized spacial score (nSPS) is 12.1. The zero-order valence-electron chi connectivity index (χ0n) is 10.5. The molecule has 7 heteroatoms. The highest BCUT2D eigenvalue weighted by atomic mass is 16.7. The molecule has 1 aliphatic heterocycles. The van der Waals surface area contributed by atoms with Gasteiger partial charge in [0.25, 0.3) is 0 Å². The molecule has 3 rings (SSSR count). The van der Waals surface area contributed by atoms with Gasteiger partial charge >= 0.3 is 5.97 Å². The number of methoxy groups -OCH3 is 1. The van der Waals surface area contributed by atoms with E-state index in [4.69, 9.17) is 14.2 Å². The predicted molar refractivity (Wildman–Crippen MR) is 66.0 cm³/mol. The minimum atomic E-state index is -0.575. The highest BCUT2D eigenvalue weighted by molar-refractivity contribution is 5.86. The van der Waals surface area contributed by atoms with Crippen molar-refractivity contribution in [3.63, 3.8) is 0 Å². The molecule has 1 aliphatic rings. The predicted octanol–water partition coefficient (Wildman–Crippen LogP) is 1.78. The number of esters is 1. The monoisotopic (exact) mass is 274 g/mol. The fraction of sp³-hybridized carbons (Fsp3) is 0.154. The van der Waals surface area contributed by atoms with Crippen LogP contribution in [-0.2, 0) is 4.74 Å². The second kappa shape index (κ2) is 5.04. The summed E-state index contributed by atoms with van der Waals surface area (Å²) in [5.74, 6) is 1.37. The first-order chi connectivity index (χ1) is 9.76. The van der Waals surface area contributed by atoms with E-state index < -0.39 is 5.97 Å². The van der Waals surface area contributed by atoms with Gasteiger partial charge in [-0.25, -0.2) is 9.78 Å². The summed E-state index contributed by atoms with van der Waals surface area (Å²) in [6, 6.07) is 5.12. The van der Waals surface area contributed by atoms with E-state index in [2.05, 4.69) is 14.7 Å². The number of benzene rings is 1. The number of fused-ring (bicyclic) bond motifs is 1. The van der Waals surface area contributed by atoms with Crippen molar-refractivity contribution >= 4 is 5.97 Å². The maximum Gasteiger partial charge on any atom is 0.358 e. The molecule has 2 heterocycles. The molecule has 102 valence electrons. The van der Waals surface area contributed by atoms with Crippen LogP contribution in [-0.4, -0.2) is 29.8 Å². The van der Waals surface area contributed by atoms with Crippen molar-refractivity contribution in [1.82, 2.24) is 9.97 Å². The molecule has 0 saturated carbocycles. The smallest absolute Gasteiger partial charge is 0.358 e. The number of nitrogens with zero attached hydrogens (tertiary/aromatic N) is 2. The Kier molecular flexibility index (Phi) is 3.08. The van der Waals surface area contributed by atoms with Crippen LogP contribution < -0.4 is 14.2 Å². The van der Waals surface area contributed by atoms with Gasteiger partial charge in [-0.05, 0) is 12.1 Å². The van der Waals surface area contributed by atoms with Crippen molar-refractivity contribution in [2.75, 3.05) is 13.9 Å². The number of hydrogen-bond acceptors (Lipinski definition) is 7. The number of carbonyl (C=O) groups excluding carboxylic acids is 1. The summed E-state index contributed by atoms with van der Waals surface area (Å²) in [6.07, 6.45) is 2.70. The number of hydrogen-bond donors (Lipinski definition) is 0. The van der Waals surface area contributed by atoms with Crippen molar-refractivity contribution in [3.05, 3.63) is 36.3 Å². The summed E-state index contributed by atoms with van der Waals surface area (Å²) in [5, 5.41) is 0. The van der Waals surface area contributed by atoms with Gasteiger partial charge in [0.2, 0.25) is 12.7 Å². The first-order valence-electron chi connectivity index (χ1n) is 5.74. The second-order valence-electron chi connectivity index (χ2n) is 3.85. The molecule has 0 unspecified atom stereocenters. The van der Waals surface area contributed by atoms with Crippen LogP contribution in [0.5, 0.6) is 23.1 Å². The molecular formula is C13H10N2O5. The molecule has 0 amide bonds. The number of aromatic nitrogens is 2. The fourth-order valence-electron chi connectivity index (χ4n) is 1.66. The van der Waals surface area contributed by atoms with Gasteiger partial charge in [-0.15, -0.1) is 0 Å². The number of carbonyl (C=O) groups is 1. The lowest BCUT2D eigenvalue weighted by atomic mass is 10.3. The minimum absolute atomic E-state index is 0.0748. The van der Waals surface area contributed by atoms with E-state index in [9.17, 15) is 4.79 Å². The van der Waals surface area contributed by atoms with E-state index in [1.807, 2.05) is 0 Å². The maximum atomic E-state index is 11.4. The van der Waals surface area contributed by atoms with Crippen molar-refractivity contribution in [1.29, 1.82) is 0 Å². The lowest BCUT2D eigenvalue weighted by Gasteiger charge is -2.06. The Balaban J connectivity index is 1.82. The topological polar surface area (TPSA) is 79.8 Å². The summed E-state index contributed by atoms with van der Waals surface area (Å²) in [5.41, 5.74) is 0.0748. The summed E-state index contributed by atoms with van der Waals surface area (Å²) < 4.78 is 20.5. The van der Waals surface area contributed by atoms with E-state index in [-0.39, 0.29) is 18.4 Å². The number of rotatable bonds is 3. The molecular weight excluding hydrogens is 264 g/mol. The van der Waals surface area contributed by atoms with E-state index in [0.29, 0.717) is 17.2 Å². The zero-order valence-corrected chi connectivity index (χ0v) is 10.5. The van der Waals surface area contributed by atoms with Crippen LogP contribution in [0, 0.1) is 0 Å². The zero-order chi connectivity index (χ0) is 13.9. The van der Waals surface area contributed by atoms with E-state index in [1.54, 1.807) is 18.2 Å². The van der Waals surface area contributed by atoms with Crippen LogP contribution in [0.15, 0.2) is 30.6 Å². The third-order valence-electron chi connectivity index (χ3n) is 2.57. The second-order valence-corrected chi connectivity index (χ2v) is 3.85. The fourth-order valence-corrected chi connectivity index (χ4v) is 1.66. The average molecular weight is 274 g/mol. The molecule has 0 fully saturated rings. The Morgan fingerprint density at radius 1 is 1.25 bits per heavy atom. The standard InChI is InChI=1S/C13H10N2O5/c1-17-13(16)9-5-14-6-12(15-9)20-8-2-3-10-11(4-8)19-7-18-10/h2-6H,7H2,1H3. The lowest BCUT2D eigenvalue weighted by Crippen LogP contribution is -2.05. The average Bonchev–Trinajstić information content (AvgIpc) is 2.94. The van der Waals surface area contributed by atoms with Crippen LogP contribution in [0.1, 0.15) is 10.5 Å². The maximum absolute atomic E-state index is 11.4. The summed E-state index contributed by atoms with van der Waals surface area (Å²) in [7, 11) is 1.27. The summed E-state index contributed by atoms with van der Waals surface area (Å²) in [4.78, 5) is 19.2. The SMILES string of the molecule is COC(=O)c1cncc(Oc2ccc3c(c2)OCO3)n1. The molecule has 0 radical (unpaired) electrons. The third-order valence-corrected chi connectivity index (χ3v) is 2.57. The first kappa shape index (κ1) is 12.2. The van der Waals surface area contributed by atoms with Gasteiger partial charge in [0.15, 0.2) is 17.2 Å². The van der Waals surface area contributed by atoms with Gasteiger partial charge in [-0.3, -0.25) is 4.98 Å². The Morgan fingerprint density at radius 3 is 2.95 bits per heavy atom. The third kappa shape index (κ3) is 2.33. The molecule has 20 heavy (non-hydrogen) atoms. The molecule has 0 bridgehead atoms. The van der Waals surface area contributed by atoms with Crippen LogP contribution in [0.4, 0.5) is 0 Å². The van der Waals surface area contributed by atoms with Crippen molar-refractivity contribution in [2.24, 2.45) is 0 Å². The molecule has 1 aromatic heterocycles.